The van der Waals surface area contributed by atoms with Gasteiger partial charge in [0.1, 0.15) is 5.75 Å². The van der Waals surface area contributed by atoms with Crippen molar-refractivity contribution in [2.45, 2.75) is 19.3 Å². The van der Waals surface area contributed by atoms with Crippen LogP contribution in [0.25, 0.3) is 0 Å². The Hall–Kier alpha value is -2.93. The van der Waals surface area contributed by atoms with Crippen molar-refractivity contribution in [2.75, 3.05) is 37.4 Å². The maximum Gasteiger partial charge on any atom is 0.321 e. The molecule has 1 heterocycles. The molecule has 0 radical (unpaired) electrons. The van der Waals surface area contributed by atoms with Gasteiger partial charge in [-0.3, -0.25) is 0 Å². The predicted molar refractivity (Wildman–Crippen MR) is 119 cm³/mol. The number of urea groups is 2. The first-order chi connectivity index (χ1) is 14.5. The van der Waals surface area contributed by atoms with Crippen LogP contribution in [0.2, 0.25) is 5.02 Å². The molecule has 1 aliphatic heterocycles. The second-order valence-corrected chi connectivity index (χ2v) is 7.71. The van der Waals surface area contributed by atoms with E-state index in [1.54, 1.807) is 43.5 Å². The zero-order chi connectivity index (χ0) is 21.3. The number of carbonyl (C=O) groups is 2. The van der Waals surface area contributed by atoms with Gasteiger partial charge in [0.25, 0.3) is 0 Å². The van der Waals surface area contributed by atoms with Gasteiger partial charge in [-0.15, -0.1) is 0 Å². The molecule has 1 aliphatic rings. The molecule has 2 aromatic rings. The van der Waals surface area contributed by atoms with Crippen molar-refractivity contribution in [1.29, 1.82) is 0 Å². The Morgan fingerprint density at radius 3 is 2.47 bits per heavy atom. The number of amides is 4. The largest absolute Gasteiger partial charge is 0.497 e. The van der Waals surface area contributed by atoms with Crippen molar-refractivity contribution in [1.82, 2.24) is 10.2 Å². The van der Waals surface area contributed by atoms with Gasteiger partial charge in [0, 0.05) is 36.0 Å². The number of carbonyl (C=O) groups excluding carboxylic acids is 2. The summed E-state index contributed by atoms with van der Waals surface area (Å²) in [5, 5.41) is 9.17. The molecule has 160 valence electrons. The van der Waals surface area contributed by atoms with Gasteiger partial charge in [-0.05, 0) is 67.6 Å². The highest BCUT2D eigenvalue weighted by Gasteiger charge is 2.22. The third-order valence-electron chi connectivity index (χ3n) is 5.16. The number of hydrogen-bond acceptors (Lipinski definition) is 3. The maximum atomic E-state index is 12.4. The lowest BCUT2D eigenvalue weighted by molar-refractivity contribution is 0.180. The lowest BCUT2D eigenvalue weighted by Gasteiger charge is -2.32. The van der Waals surface area contributed by atoms with Crippen LogP contribution in [0, 0.1) is 5.92 Å². The molecule has 2 aromatic carbocycles. The third-order valence-corrected chi connectivity index (χ3v) is 5.40. The Labute approximate surface area is 181 Å². The number of rotatable bonds is 6. The smallest absolute Gasteiger partial charge is 0.321 e. The van der Waals surface area contributed by atoms with Gasteiger partial charge in [0.2, 0.25) is 0 Å². The number of nitrogens with zero attached hydrogens (tertiary/aromatic N) is 1. The number of ether oxygens (including phenoxy) is 1. The van der Waals surface area contributed by atoms with Crippen molar-refractivity contribution < 1.29 is 14.3 Å². The molecule has 0 spiro atoms. The highest BCUT2D eigenvalue weighted by molar-refractivity contribution is 6.30. The Bertz CT molecular complexity index is 852. The van der Waals surface area contributed by atoms with Gasteiger partial charge in [-0.2, -0.15) is 0 Å². The van der Waals surface area contributed by atoms with E-state index in [-0.39, 0.29) is 12.1 Å². The first kappa shape index (κ1) is 21.8. The summed E-state index contributed by atoms with van der Waals surface area (Å²) in [6.45, 7) is 2.01. The molecule has 0 bridgehead atoms. The minimum atomic E-state index is -0.224. The van der Waals surface area contributed by atoms with Crippen LogP contribution in [0.15, 0.2) is 48.5 Å². The lowest BCUT2D eigenvalue weighted by atomic mass is 9.94. The van der Waals surface area contributed by atoms with E-state index in [0.29, 0.717) is 41.9 Å². The average molecular weight is 431 g/mol. The summed E-state index contributed by atoms with van der Waals surface area (Å²) in [5.74, 6) is 1.23. The topological polar surface area (TPSA) is 82.7 Å². The highest BCUT2D eigenvalue weighted by atomic mass is 35.5. The average Bonchev–Trinajstić information content (AvgIpc) is 2.75. The molecule has 30 heavy (non-hydrogen) atoms. The molecule has 7 nitrogen and oxygen atoms in total. The molecule has 4 amide bonds. The van der Waals surface area contributed by atoms with E-state index in [9.17, 15) is 9.59 Å². The summed E-state index contributed by atoms with van der Waals surface area (Å²) < 4.78 is 5.10. The normalized spacial score (nSPS) is 14.1. The molecule has 3 N–H and O–H groups in total. The molecule has 0 aromatic heterocycles. The molecule has 3 rings (SSSR count). The van der Waals surface area contributed by atoms with Gasteiger partial charge in [0.15, 0.2) is 0 Å². The first-order valence-corrected chi connectivity index (χ1v) is 10.4. The van der Waals surface area contributed by atoms with E-state index >= 15 is 0 Å². The van der Waals surface area contributed by atoms with Crippen LogP contribution in [0.4, 0.5) is 21.0 Å². The standard InChI is InChI=1S/C22H27ClN4O3/c1-30-20-7-5-18(6-8-20)25-21(28)24-12-9-16-10-13-27(14-11-16)22(29)26-19-4-2-3-17(23)15-19/h2-8,15-16H,9-14H2,1H3,(H,26,29)(H2,24,25,28). The van der Waals surface area contributed by atoms with Crippen molar-refractivity contribution in [2.24, 2.45) is 5.92 Å². The van der Waals surface area contributed by atoms with E-state index in [2.05, 4.69) is 16.0 Å². The van der Waals surface area contributed by atoms with E-state index in [1.165, 1.54) is 0 Å². The fourth-order valence-electron chi connectivity index (χ4n) is 3.43. The van der Waals surface area contributed by atoms with E-state index in [1.807, 2.05) is 17.0 Å². The van der Waals surface area contributed by atoms with Crippen molar-refractivity contribution in [3.63, 3.8) is 0 Å². The Morgan fingerprint density at radius 1 is 1.07 bits per heavy atom. The third kappa shape index (κ3) is 6.56. The minimum Gasteiger partial charge on any atom is -0.497 e. The van der Waals surface area contributed by atoms with Gasteiger partial charge in [-0.25, -0.2) is 9.59 Å². The SMILES string of the molecule is COc1ccc(NC(=O)NCCC2CCN(C(=O)Nc3cccc(Cl)c3)CC2)cc1. The lowest BCUT2D eigenvalue weighted by Crippen LogP contribution is -2.41. The van der Waals surface area contributed by atoms with Gasteiger partial charge < -0.3 is 25.6 Å². The summed E-state index contributed by atoms with van der Waals surface area (Å²) >= 11 is 5.96. The molecular formula is C22H27ClN4O3. The number of likely N-dealkylation sites (tertiary alicyclic amines) is 1. The van der Waals surface area contributed by atoms with Crippen LogP contribution in [0.5, 0.6) is 5.75 Å². The summed E-state index contributed by atoms with van der Waals surface area (Å²) in [5.41, 5.74) is 1.41. The van der Waals surface area contributed by atoms with Crippen molar-refractivity contribution in [3.05, 3.63) is 53.6 Å². The van der Waals surface area contributed by atoms with Gasteiger partial charge in [-0.1, -0.05) is 17.7 Å². The minimum absolute atomic E-state index is 0.104. The zero-order valence-corrected chi connectivity index (χ0v) is 17.7. The van der Waals surface area contributed by atoms with E-state index in [4.69, 9.17) is 16.3 Å². The fourth-order valence-corrected chi connectivity index (χ4v) is 3.62. The van der Waals surface area contributed by atoms with Crippen molar-refractivity contribution >= 4 is 35.0 Å². The quantitative estimate of drug-likeness (QED) is 0.615. The van der Waals surface area contributed by atoms with Crippen LogP contribution in [-0.4, -0.2) is 43.7 Å². The van der Waals surface area contributed by atoms with Gasteiger partial charge in [0.05, 0.1) is 7.11 Å². The molecule has 1 fully saturated rings. The van der Waals surface area contributed by atoms with Crippen LogP contribution in [0.1, 0.15) is 19.3 Å². The van der Waals surface area contributed by atoms with Crippen molar-refractivity contribution in [3.8, 4) is 5.75 Å². The maximum absolute atomic E-state index is 12.4. The number of methoxy groups -OCH3 is 1. The first-order valence-electron chi connectivity index (χ1n) is 10.0. The summed E-state index contributed by atoms with van der Waals surface area (Å²) in [7, 11) is 1.60. The Morgan fingerprint density at radius 2 is 1.80 bits per heavy atom. The molecule has 0 atom stereocenters. The number of benzene rings is 2. The summed E-state index contributed by atoms with van der Waals surface area (Å²) in [4.78, 5) is 26.2. The number of anilines is 2. The number of nitrogens with one attached hydrogen (secondary N) is 3. The number of piperidine rings is 1. The molecule has 1 saturated heterocycles. The molecule has 0 saturated carbocycles. The zero-order valence-electron chi connectivity index (χ0n) is 17.0. The molecule has 0 unspecified atom stereocenters. The van der Waals surface area contributed by atoms with Crippen LogP contribution < -0.4 is 20.7 Å². The highest BCUT2D eigenvalue weighted by Crippen LogP contribution is 2.22. The molecular weight excluding hydrogens is 404 g/mol. The second-order valence-electron chi connectivity index (χ2n) is 7.27. The monoisotopic (exact) mass is 430 g/mol. The number of halogens is 1. The Kier molecular flexibility index (Phi) is 7.79. The Balaban J connectivity index is 1.33. The summed E-state index contributed by atoms with van der Waals surface area (Å²) in [6, 6.07) is 14.0. The number of hydrogen-bond donors (Lipinski definition) is 3. The van der Waals surface area contributed by atoms with E-state index < -0.39 is 0 Å². The van der Waals surface area contributed by atoms with Gasteiger partial charge >= 0.3 is 12.1 Å². The fraction of sp³-hybridized carbons (Fsp3) is 0.364. The molecule has 8 heteroatoms. The van der Waals surface area contributed by atoms with Crippen LogP contribution in [0.3, 0.4) is 0 Å². The summed E-state index contributed by atoms with van der Waals surface area (Å²) in [6.07, 6.45) is 2.73. The van der Waals surface area contributed by atoms with Crippen LogP contribution in [-0.2, 0) is 0 Å². The second kappa shape index (κ2) is 10.7. The van der Waals surface area contributed by atoms with Crippen LogP contribution >= 0.6 is 11.6 Å². The molecule has 0 aliphatic carbocycles. The van der Waals surface area contributed by atoms with E-state index in [0.717, 1.165) is 25.0 Å². The predicted octanol–water partition coefficient (Wildman–Crippen LogP) is 4.80.